The molecule has 29 heavy (non-hydrogen) atoms. The zero-order valence-electron chi connectivity index (χ0n) is 17.3. The average Bonchev–Trinajstić information content (AvgIpc) is 3.36. The molecule has 1 aromatic carbocycles. The van der Waals surface area contributed by atoms with Crippen molar-refractivity contribution in [2.75, 3.05) is 5.32 Å². The van der Waals surface area contributed by atoms with E-state index < -0.39 is 0 Å². The Morgan fingerprint density at radius 1 is 1.17 bits per heavy atom. The second-order valence-electron chi connectivity index (χ2n) is 7.62. The number of anilines is 1. The Labute approximate surface area is 175 Å². The van der Waals surface area contributed by atoms with Gasteiger partial charge in [-0.05, 0) is 57.2 Å². The van der Waals surface area contributed by atoms with E-state index in [-0.39, 0.29) is 11.9 Å². The molecule has 5 nitrogen and oxygen atoms in total. The van der Waals surface area contributed by atoms with E-state index in [0.717, 1.165) is 40.3 Å². The highest BCUT2D eigenvalue weighted by atomic mass is 32.1. The van der Waals surface area contributed by atoms with Gasteiger partial charge in [-0.25, -0.2) is 0 Å². The van der Waals surface area contributed by atoms with E-state index in [9.17, 15) is 4.79 Å². The number of carbonyl (C=O) groups excluding carboxylic acids is 1. The number of hydrogen-bond donors (Lipinski definition) is 1. The molecule has 3 aromatic heterocycles. The number of aromatic nitrogens is 3. The molecule has 0 unspecified atom stereocenters. The molecule has 0 radical (unpaired) electrons. The lowest BCUT2D eigenvalue weighted by Gasteiger charge is -2.14. The number of rotatable bonds is 6. The number of fused-ring (bicyclic) bond motifs is 1. The summed E-state index contributed by atoms with van der Waals surface area (Å²) in [5.41, 5.74) is 5.72. The first-order valence-corrected chi connectivity index (χ1v) is 10.8. The van der Waals surface area contributed by atoms with Crippen LogP contribution in [0.1, 0.15) is 47.3 Å². The van der Waals surface area contributed by atoms with E-state index in [2.05, 4.69) is 64.5 Å². The van der Waals surface area contributed by atoms with Crippen LogP contribution in [0.5, 0.6) is 0 Å². The lowest BCUT2D eigenvalue weighted by molar-refractivity contribution is 0.101. The molecule has 4 aromatic rings. The summed E-state index contributed by atoms with van der Waals surface area (Å²) >= 11 is 1.66. The summed E-state index contributed by atoms with van der Waals surface area (Å²) in [6.45, 7) is 8.95. The molecule has 0 saturated heterocycles. The van der Waals surface area contributed by atoms with Gasteiger partial charge in [0.2, 0.25) is 0 Å². The smallest absolute Gasteiger partial charge is 0.272 e. The number of benzene rings is 1. The molecule has 0 fully saturated rings. The van der Waals surface area contributed by atoms with E-state index in [0.29, 0.717) is 5.69 Å². The van der Waals surface area contributed by atoms with Gasteiger partial charge < -0.3 is 9.88 Å². The van der Waals surface area contributed by atoms with Crippen molar-refractivity contribution in [1.82, 2.24) is 14.3 Å². The minimum atomic E-state index is -0.0871. The summed E-state index contributed by atoms with van der Waals surface area (Å²) in [5.74, 6) is -0.0871. The van der Waals surface area contributed by atoms with Gasteiger partial charge in [-0.1, -0.05) is 30.3 Å². The maximum Gasteiger partial charge on any atom is 0.272 e. The van der Waals surface area contributed by atoms with Crippen LogP contribution >= 0.6 is 11.3 Å². The van der Waals surface area contributed by atoms with Gasteiger partial charge in [0.05, 0.1) is 27.3 Å². The number of thiophene rings is 1. The molecule has 0 atom stereocenters. The van der Waals surface area contributed by atoms with Gasteiger partial charge in [0.1, 0.15) is 5.69 Å². The van der Waals surface area contributed by atoms with Crippen molar-refractivity contribution in [1.29, 1.82) is 0 Å². The maximum atomic E-state index is 13.1. The fraction of sp³-hybridized carbons (Fsp3) is 0.304. The average molecular weight is 407 g/mol. The summed E-state index contributed by atoms with van der Waals surface area (Å²) in [5, 5.41) is 9.85. The standard InChI is InChI=1S/C23H26N4OS/c1-15(2)27-19-11-13-29-21(19)14-20(27)23(28)24-22-16(3)25-26(17(22)4)12-10-18-8-6-5-7-9-18/h5-9,11,13-15H,10,12H2,1-4H3,(H,24,28). The third-order valence-electron chi connectivity index (χ3n) is 5.28. The highest BCUT2D eigenvalue weighted by Crippen LogP contribution is 2.29. The van der Waals surface area contributed by atoms with E-state index in [1.807, 2.05) is 30.7 Å². The molecule has 0 saturated carbocycles. The second kappa shape index (κ2) is 7.87. The molecule has 0 aliphatic carbocycles. The summed E-state index contributed by atoms with van der Waals surface area (Å²) in [4.78, 5) is 13.1. The number of hydrogen-bond acceptors (Lipinski definition) is 3. The molecule has 0 spiro atoms. The predicted octanol–water partition coefficient (Wildman–Crippen LogP) is 5.59. The number of nitrogens with zero attached hydrogens (tertiary/aromatic N) is 3. The maximum absolute atomic E-state index is 13.1. The van der Waals surface area contributed by atoms with E-state index in [4.69, 9.17) is 0 Å². The van der Waals surface area contributed by atoms with Crippen LogP contribution in [0.2, 0.25) is 0 Å². The van der Waals surface area contributed by atoms with Crippen molar-refractivity contribution in [3.8, 4) is 0 Å². The van der Waals surface area contributed by atoms with Crippen molar-refractivity contribution in [2.24, 2.45) is 0 Å². The van der Waals surface area contributed by atoms with Crippen LogP contribution in [0.25, 0.3) is 10.2 Å². The molecule has 0 aliphatic rings. The largest absolute Gasteiger partial charge is 0.333 e. The quantitative estimate of drug-likeness (QED) is 0.454. The topological polar surface area (TPSA) is 51.9 Å². The van der Waals surface area contributed by atoms with Gasteiger partial charge in [-0.15, -0.1) is 11.3 Å². The Hall–Kier alpha value is -2.86. The number of aryl methyl sites for hydroxylation is 3. The molecule has 0 bridgehead atoms. The van der Waals surface area contributed by atoms with Gasteiger partial charge in [0.25, 0.3) is 5.91 Å². The van der Waals surface area contributed by atoms with Gasteiger partial charge in [0.15, 0.2) is 0 Å². The minimum Gasteiger partial charge on any atom is -0.333 e. The molecule has 150 valence electrons. The first kappa shape index (κ1) is 19.5. The van der Waals surface area contributed by atoms with E-state index in [1.165, 1.54) is 5.56 Å². The molecular formula is C23H26N4OS. The molecule has 0 aliphatic heterocycles. The van der Waals surface area contributed by atoms with Crippen LogP contribution in [-0.4, -0.2) is 20.3 Å². The van der Waals surface area contributed by atoms with Crippen molar-refractivity contribution in [2.45, 2.75) is 46.7 Å². The molecule has 4 rings (SSSR count). The SMILES string of the molecule is Cc1nn(CCc2ccccc2)c(C)c1NC(=O)c1cc2sccc2n1C(C)C. The van der Waals surface area contributed by atoms with Crippen LogP contribution in [0.3, 0.4) is 0 Å². The van der Waals surface area contributed by atoms with Crippen LogP contribution < -0.4 is 5.32 Å². The first-order chi connectivity index (χ1) is 14.0. The van der Waals surface area contributed by atoms with Crippen LogP contribution in [0.4, 0.5) is 5.69 Å². The zero-order chi connectivity index (χ0) is 20.5. The number of carbonyl (C=O) groups is 1. The van der Waals surface area contributed by atoms with Crippen molar-refractivity contribution < 1.29 is 4.79 Å². The van der Waals surface area contributed by atoms with E-state index >= 15 is 0 Å². The number of amides is 1. The fourth-order valence-electron chi connectivity index (χ4n) is 3.83. The molecule has 1 amide bonds. The van der Waals surface area contributed by atoms with Gasteiger partial charge >= 0.3 is 0 Å². The molecular weight excluding hydrogens is 380 g/mol. The van der Waals surface area contributed by atoms with Crippen molar-refractivity contribution >= 4 is 33.1 Å². The Morgan fingerprint density at radius 2 is 1.93 bits per heavy atom. The van der Waals surface area contributed by atoms with E-state index in [1.54, 1.807) is 11.3 Å². The lowest BCUT2D eigenvalue weighted by atomic mass is 10.1. The Balaban J connectivity index is 1.57. The van der Waals surface area contributed by atoms with Crippen molar-refractivity contribution in [3.63, 3.8) is 0 Å². The Kier molecular flexibility index (Phi) is 5.28. The van der Waals surface area contributed by atoms with Crippen molar-refractivity contribution in [3.05, 3.63) is 70.5 Å². The van der Waals surface area contributed by atoms with Gasteiger partial charge in [-0.2, -0.15) is 5.10 Å². The predicted molar refractivity (Wildman–Crippen MR) is 120 cm³/mol. The first-order valence-electron chi connectivity index (χ1n) is 9.93. The normalized spacial score (nSPS) is 11.5. The number of nitrogens with one attached hydrogen (secondary N) is 1. The highest BCUT2D eigenvalue weighted by molar-refractivity contribution is 7.17. The minimum absolute atomic E-state index is 0.0871. The molecule has 6 heteroatoms. The molecule has 1 N–H and O–H groups in total. The summed E-state index contributed by atoms with van der Waals surface area (Å²) in [6.07, 6.45) is 0.905. The van der Waals surface area contributed by atoms with Gasteiger partial charge in [0, 0.05) is 12.6 Å². The third kappa shape index (κ3) is 3.72. The van der Waals surface area contributed by atoms with Crippen LogP contribution in [0, 0.1) is 13.8 Å². The second-order valence-corrected chi connectivity index (χ2v) is 8.57. The fourth-order valence-corrected chi connectivity index (χ4v) is 4.64. The molecule has 3 heterocycles. The third-order valence-corrected chi connectivity index (χ3v) is 6.14. The summed E-state index contributed by atoms with van der Waals surface area (Å²) < 4.78 is 5.22. The van der Waals surface area contributed by atoms with Crippen LogP contribution in [-0.2, 0) is 13.0 Å². The van der Waals surface area contributed by atoms with Crippen LogP contribution in [0.15, 0.2) is 47.8 Å². The Morgan fingerprint density at radius 3 is 2.66 bits per heavy atom. The Bertz CT molecular complexity index is 1150. The highest BCUT2D eigenvalue weighted by Gasteiger charge is 2.21. The summed E-state index contributed by atoms with van der Waals surface area (Å²) in [7, 11) is 0. The van der Waals surface area contributed by atoms with Gasteiger partial charge in [-0.3, -0.25) is 9.48 Å². The monoisotopic (exact) mass is 406 g/mol. The zero-order valence-corrected chi connectivity index (χ0v) is 18.1. The lowest BCUT2D eigenvalue weighted by Crippen LogP contribution is -2.19. The summed E-state index contributed by atoms with van der Waals surface area (Å²) in [6, 6.07) is 14.7.